The Balaban J connectivity index is 1.63. The van der Waals surface area contributed by atoms with Gasteiger partial charge in [-0.05, 0) is 32.0 Å². The Labute approximate surface area is 154 Å². The minimum atomic E-state index is -0.616. The van der Waals surface area contributed by atoms with Crippen LogP contribution in [0, 0.1) is 5.82 Å². The molecule has 1 aliphatic rings. The maximum atomic E-state index is 13.8. The van der Waals surface area contributed by atoms with Crippen LogP contribution in [0.1, 0.15) is 29.9 Å². The number of nitrogens with one attached hydrogen (secondary N) is 1. The fourth-order valence-electron chi connectivity index (χ4n) is 2.92. The minimum absolute atomic E-state index is 0.0971. The summed E-state index contributed by atoms with van der Waals surface area (Å²) >= 11 is 7.14. The number of anilines is 1. The second kappa shape index (κ2) is 7.78. The summed E-state index contributed by atoms with van der Waals surface area (Å²) in [7, 11) is 0. The highest BCUT2D eigenvalue weighted by atomic mass is 35.5. The lowest BCUT2D eigenvalue weighted by Crippen LogP contribution is -2.44. The molecule has 1 aliphatic heterocycles. The van der Waals surface area contributed by atoms with Gasteiger partial charge < -0.3 is 4.74 Å². The molecular formula is C17H19ClFN3O2S. The number of aromatic nitrogens is 1. The molecule has 1 aromatic heterocycles. The second-order valence-electron chi connectivity index (χ2n) is 6.17. The number of hydrogen-bond acceptors (Lipinski definition) is 5. The molecule has 0 saturated carbocycles. The van der Waals surface area contributed by atoms with Crippen molar-refractivity contribution in [2.24, 2.45) is 0 Å². The van der Waals surface area contributed by atoms with Crippen LogP contribution in [0.15, 0.2) is 23.6 Å². The average Bonchev–Trinajstić information content (AvgIpc) is 2.95. The molecule has 2 unspecified atom stereocenters. The van der Waals surface area contributed by atoms with Crippen LogP contribution in [-0.4, -0.2) is 41.1 Å². The van der Waals surface area contributed by atoms with E-state index < -0.39 is 11.7 Å². The van der Waals surface area contributed by atoms with Crippen molar-refractivity contribution in [2.45, 2.75) is 32.6 Å². The molecular weight excluding hydrogens is 365 g/mol. The number of amides is 1. The first-order valence-electron chi connectivity index (χ1n) is 7.99. The van der Waals surface area contributed by atoms with Crippen LogP contribution in [0.2, 0.25) is 5.02 Å². The Morgan fingerprint density at radius 2 is 2.16 bits per heavy atom. The van der Waals surface area contributed by atoms with E-state index in [0.29, 0.717) is 16.7 Å². The molecule has 5 nitrogen and oxygen atoms in total. The highest BCUT2D eigenvalue weighted by Gasteiger charge is 2.23. The number of carbonyl (C=O) groups excluding carboxylic acids is 1. The van der Waals surface area contributed by atoms with Crippen molar-refractivity contribution < 1.29 is 13.9 Å². The summed E-state index contributed by atoms with van der Waals surface area (Å²) in [4.78, 5) is 18.9. The zero-order chi connectivity index (χ0) is 18.0. The van der Waals surface area contributed by atoms with E-state index in [-0.39, 0.29) is 17.8 Å². The van der Waals surface area contributed by atoms with Gasteiger partial charge in [-0.2, -0.15) is 0 Å². The lowest BCUT2D eigenvalue weighted by molar-refractivity contribution is -0.0707. The van der Waals surface area contributed by atoms with E-state index in [1.165, 1.54) is 29.5 Å². The van der Waals surface area contributed by atoms with Gasteiger partial charge >= 0.3 is 0 Å². The van der Waals surface area contributed by atoms with Gasteiger partial charge in [-0.15, -0.1) is 11.3 Å². The van der Waals surface area contributed by atoms with E-state index in [0.717, 1.165) is 18.8 Å². The summed E-state index contributed by atoms with van der Waals surface area (Å²) in [6, 6.07) is 3.88. The third kappa shape index (κ3) is 4.76. The van der Waals surface area contributed by atoms with E-state index in [1.54, 1.807) is 0 Å². The summed E-state index contributed by atoms with van der Waals surface area (Å²) < 4.78 is 19.5. The summed E-state index contributed by atoms with van der Waals surface area (Å²) in [5.74, 6) is -1.18. The molecule has 1 amide bonds. The maximum Gasteiger partial charge on any atom is 0.260 e. The Morgan fingerprint density at radius 1 is 1.44 bits per heavy atom. The van der Waals surface area contributed by atoms with E-state index in [9.17, 15) is 9.18 Å². The van der Waals surface area contributed by atoms with Crippen molar-refractivity contribution in [3.8, 4) is 0 Å². The standard InChI is InChI=1S/C17H19ClFN3O2S/c1-10-6-22(7-11(2)24-10)8-13-9-25-17(20-13)21-16(23)14-5-12(18)3-4-15(14)19/h3-5,9-11H,6-8H2,1-2H3,(H,20,21,23). The number of benzene rings is 1. The van der Waals surface area contributed by atoms with Gasteiger partial charge in [-0.3, -0.25) is 15.0 Å². The summed E-state index contributed by atoms with van der Waals surface area (Å²) in [6.45, 7) is 6.48. The van der Waals surface area contributed by atoms with Gasteiger partial charge in [0.25, 0.3) is 5.91 Å². The van der Waals surface area contributed by atoms with Crippen molar-refractivity contribution >= 4 is 34.0 Å². The smallest absolute Gasteiger partial charge is 0.260 e. The number of rotatable bonds is 4. The van der Waals surface area contributed by atoms with Crippen LogP contribution in [0.3, 0.4) is 0 Å². The molecule has 0 bridgehead atoms. The number of hydrogen-bond donors (Lipinski definition) is 1. The number of morpholine rings is 1. The van der Waals surface area contributed by atoms with Gasteiger partial charge in [-0.1, -0.05) is 11.6 Å². The van der Waals surface area contributed by atoms with Gasteiger partial charge in [0, 0.05) is 30.0 Å². The topological polar surface area (TPSA) is 54.5 Å². The van der Waals surface area contributed by atoms with Crippen LogP contribution in [-0.2, 0) is 11.3 Å². The number of ether oxygens (including phenoxy) is 1. The average molecular weight is 384 g/mol. The molecule has 25 heavy (non-hydrogen) atoms. The highest BCUT2D eigenvalue weighted by molar-refractivity contribution is 7.14. The van der Waals surface area contributed by atoms with Crippen molar-refractivity contribution in [3.05, 3.63) is 45.7 Å². The molecule has 0 aliphatic carbocycles. The zero-order valence-corrected chi connectivity index (χ0v) is 15.5. The van der Waals surface area contributed by atoms with E-state index in [2.05, 4.69) is 29.0 Å². The van der Waals surface area contributed by atoms with Crippen molar-refractivity contribution in [2.75, 3.05) is 18.4 Å². The molecule has 2 atom stereocenters. The Bertz CT molecular complexity index is 760. The van der Waals surface area contributed by atoms with Gasteiger partial charge in [0.15, 0.2) is 5.13 Å². The van der Waals surface area contributed by atoms with Crippen LogP contribution >= 0.6 is 22.9 Å². The molecule has 0 spiro atoms. The summed E-state index contributed by atoms with van der Waals surface area (Å²) in [5, 5.41) is 5.27. The molecule has 8 heteroatoms. The first-order valence-corrected chi connectivity index (χ1v) is 9.25. The van der Waals surface area contributed by atoms with E-state index in [1.807, 2.05) is 5.38 Å². The fourth-order valence-corrected chi connectivity index (χ4v) is 3.78. The molecule has 134 valence electrons. The fraction of sp³-hybridized carbons (Fsp3) is 0.412. The largest absolute Gasteiger partial charge is 0.373 e. The maximum absolute atomic E-state index is 13.8. The van der Waals surface area contributed by atoms with Crippen molar-refractivity contribution in [1.29, 1.82) is 0 Å². The summed E-state index contributed by atoms with van der Waals surface area (Å²) in [5.41, 5.74) is 0.772. The van der Waals surface area contributed by atoms with Gasteiger partial charge in [0.1, 0.15) is 5.82 Å². The van der Waals surface area contributed by atoms with Gasteiger partial charge in [0.05, 0.1) is 23.5 Å². The van der Waals surface area contributed by atoms with Gasteiger partial charge in [-0.25, -0.2) is 9.37 Å². The second-order valence-corrected chi connectivity index (χ2v) is 7.47. The van der Waals surface area contributed by atoms with E-state index in [4.69, 9.17) is 16.3 Å². The van der Waals surface area contributed by atoms with Gasteiger partial charge in [0.2, 0.25) is 0 Å². The van der Waals surface area contributed by atoms with Crippen molar-refractivity contribution in [3.63, 3.8) is 0 Å². The molecule has 0 radical (unpaired) electrons. The number of halogens is 2. The minimum Gasteiger partial charge on any atom is -0.373 e. The Kier molecular flexibility index (Phi) is 5.68. The lowest BCUT2D eigenvalue weighted by Gasteiger charge is -2.34. The van der Waals surface area contributed by atoms with Crippen LogP contribution in [0.25, 0.3) is 0 Å². The predicted molar refractivity (Wildman–Crippen MR) is 96.8 cm³/mol. The number of nitrogens with zero attached hydrogens (tertiary/aromatic N) is 2. The first-order chi connectivity index (χ1) is 11.9. The quantitative estimate of drug-likeness (QED) is 0.872. The van der Waals surface area contributed by atoms with Crippen LogP contribution in [0.4, 0.5) is 9.52 Å². The lowest BCUT2D eigenvalue weighted by atomic mass is 10.2. The first kappa shape index (κ1) is 18.3. The molecule has 2 aromatic rings. The summed E-state index contributed by atoms with van der Waals surface area (Å²) in [6.07, 6.45) is 0.375. The van der Waals surface area contributed by atoms with E-state index >= 15 is 0 Å². The normalized spacial score (nSPS) is 21.3. The third-order valence-electron chi connectivity index (χ3n) is 3.83. The molecule has 1 saturated heterocycles. The van der Waals surface area contributed by atoms with Crippen LogP contribution < -0.4 is 5.32 Å². The zero-order valence-electron chi connectivity index (χ0n) is 14.0. The Hall–Kier alpha value is -1.54. The SMILES string of the molecule is CC1CN(Cc2csc(NC(=O)c3cc(Cl)ccc3F)n2)CC(C)O1. The molecule has 3 rings (SSSR count). The van der Waals surface area contributed by atoms with Crippen LogP contribution in [0.5, 0.6) is 0 Å². The highest BCUT2D eigenvalue weighted by Crippen LogP contribution is 2.21. The molecule has 2 heterocycles. The molecule has 1 N–H and O–H groups in total. The third-order valence-corrected chi connectivity index (χ3v) is 4.87. The van der Waals surface area contributed by atoms with Crippen molar-refractivity contribution in [1.82, 2.24) is 9.88 Å². The molecule has 1 fully saturated rings. The predicted octanol–water partition coefficient (Wildman–Crippen LogP) is 3.80. The Morgan fingerprint density at radius 3 is 2.88 bits per heavy atom. The number of carbonyl (C=O) groups is 1. The molecule has 1 aromatic carbocycles. The monoisotopic (exact) mass is 383 g/mol. The number of thiazole rings is 1.